The lowest BCUT2D eigenvalue weighted by molar-refractivity contribution is -0.153. The summed E-state index contributed by atoms with van der Waals surface area (Å²) in [4.78, 5) is 32.2. The molecular formula is C29H29BrClNO3. The molecule has 35 heavy (non-hydrogen) atoms. The average molecular weight is 555 g/mol. The molecule has 1 fully saturated rings. The minimum atomic E-state index is -0.596. The molecule has 0 bridgehead atoms. The summed E-state index contributed by atoms with van der Waals surface area (Å²) in [6.45, 7) is 1.90. The van der Waals surface area contributed by atoms with Crippen molar-refractivity contribution in [2.24, 2.45) is 10.9 Å². The van der Waals surface area contributed by atoms with Crippen molar-refractivity contribution in [2.75, 3.05) is 0 Å². The minimum Gasteiger partial charge on any atom is -0.462 e. The highest BCUT2D eigenvalue weighted by atomic mass is 79.9. The molecule has 2 aromatic rings. The summed E-state index contributed by atoms with van der Waals surface area (Å²) in [5, 5.41) is 0.677. The number of rotatable bonds is 4. The van der Waals surface area contributed by atoms with Crippen LogP contribution in [0.2, 0.25) is 5.02 Å². The normalized spacial score (nSPS) is 25.2. The van der Waals surface area contributed by atoms with Crippen molar-refractivity contribution >= 4 is 45.0 Å². The molecule has 1 unspecified atom stereocenters. The van der Waals surface area contributed by atoms with Crippen LogP contribution in [-0.4, -0.2) is 23.6 Å². The molecule has 6 heteroatoms. The van der Waals surface area contributed by atoms with Crippen LogP contribution in [0.3, 0.4) is 0 Å². The molecule has 1 heterocycles. The highest BCUT2D eigenvalue weighted by molar-refractivity contribution is 9.10. The zero-order valence-corrected chi connectivity index (χ0v) is 22.1. The lowest BCUT2D eigenvalue weighted by atomic mass is 9.69. The number of hydrogen-bond acceptors (Lipinski definition) is 4. The van der Waals surface area contributed by atoms with E-state index in [1.54, 1.807) is 0 Å². The van der Waals surface area contributed by atoms with Crippen LogP contribution in [0, 0.1) is 5.92 Å². The van der Waals surface area contributed by atoms with Crippen LogP contribution < -0.4 is 0 Å². The van der Waals surface area contributed by atoms with E-state index in [0.717, 1.165) is 52.7 Å². The van der Waals surface area contributed by atoms with Gasteiger partial charge in [0.1, 0.15) is 12.0 Å². The van der Waals surface area contributed by atoms with Crippen LogP contribution in [0.25, 0.3) is 0 Å². The fourth-order valence-electron chi connectivity index (χ4n) is 5.82. The number of carbonyl (C=O) groups is 2. The molecule has 0 amide bonds. The number of esters is 1. The van der Waals surface area contributed by atoms with Crippen LogP contribution in [0.5, 0.6) is 0 Å². The Morgan fingerprint density at radius 2 is 1.77 bits per heavy atom. The van der Waals surface area contributed by atoms with Crippen LogP contribution in [0.1, 0.15) is 74.8 Å². The molecule has 0 radical (unpaired) electrons. The number of benzene rings is 2. The molecule has 0 saturated heterocycles. The predicted molar refractivity (Wildman–Crippen MR) is 142 cm³/mol. The largest absolute Gasteiger partial charge is 0.462 e. The summed E-state index contributed by atoms with van der Waals surface area (Å²) in [6.07, 6.45) is 6.20. The summed E-state index contributed by atoms with van der Waals surface area (Å²) in [5.74, 6) is -1.15. The Labute approximate surface area is 219 Å². The number of allylic oxidation sites excluding steroid dienone is 2. The highest BCUT2D eigenvalue weighted by Crippen LogP contribution is 2.47. The molecular weight excluding hydrogens is 526 g/mol. The van der Waals surface area contributed by atoms with E-state index >= 15 is 0 Å². The van der Waals surface area contributed by atoms with Gasteiger partial charge in [0.2, 0.25) is 0 Å². The maximum absolute atomic E-state index is 13.7. The van der Waals surface area contributed by atoms with Crippen molar-refractivity contribution in [3.05, 3.63) is 80.4 Å². The van der Waals surface area contributed by atoms with E-state index < -0.39 is 11.8 Å². The first-order valence-electron chi connectivity index (χ1n) is 12.4. The first-order valence-corrected chi connectivity index (χ1v) is 13.6. The monoisotopic (exact) mass is 553 g/mol. The lowest BCUT2D eigenvalue weighted by Gasteiger charge is -2.37. The minimum absolute atomic E-state index is 0.0427. The first-order chi connectivity index (χ1) is 16.9. The van der Waals surface area contributed by atoms with Gasteiger partial charge in [0, 0.05) is 38.8 Å². The van der Waals surface area contributed by atoms with E-state index in [1.165, 1.54) is 6.42 Å². The van der Waals surface area contributed by atoms with E-state index in [1.807, 2.05) is 55.5 Å². The van der Waals surface area contributed by atoms with Gasteiger partial charge < -0.3 is 4.74 Å². The standard InChI is InChI=1S/C29H29BrClNO3/c1-17-26(29(34)35-23-8-3-2-4-9-23)27(19-6-5-7-21(30)14-19)28-24(32-17)15-20(16-25(28)33)18-10-12-22(31)13-11-18/h5-7,10-14,20,23,26-27H,2-4,8-9,15-16H2,1H3/t20-,26?,27-/m0/s1. The molecule has 0 N–H and O–H groups in total. The molecule has 2 aromatic carbocycles. The molecule has 0 spiro atoms. The van der Waals surface area contributed by atoms with Crippen molar-refractivity contribution < 1.29 is 14.3 Å². The molecule has 3 aliphatic rings. The number of ketones is 1. The number of halogens is 2. The predicted octanol–water partition coefficient (Wildman–Crippen LogP) is 7.55. The van der Waals surface area contributed by atoms with E-state index in [0.29, 0.717) is 23.4 Å². The SMILES string of the molecule is CC1=NC2=C(C(=O)C[C@@H](c3ccc(Cl)cc3)C2)[C@@H](c2cccc(Br)c2)C1C(=O)OC1CCCCC1. The second-order valence-corrected chi connectivity index (χ2v) is 11.3. The van der Waals surface area contributed by atoms with Crippen molar-refractivity contribution in [1.82, 2.24) is 0 Å². The molecule has 1 aliphatic heterocycles. The number of carbonyl (C=O) groups excluding carboxylic acids is 2. The third-order valence-corrected chi connectivity index (χ3v) is 8.27. The van der Waals surface area contributed by atoms with Gasteiger partial charge in [0.05, 0.1) is 0 Å². The van der Waals surface area contributed by atoms with Crippen molar-refractivity contribution in [3.8, 4) is 0 Å². The average Bonchev–Trinajstić information content (AvgIpc) is 2.84. The third kappa shape index (κ3) is 5.17. The molecule has 1 saturated carbocycles. The van der Waals surface area contributed by atoms with Gasteiger partial charge >= 0.3 is 5.97 Å². The van der Waals surface area contributed by atoms with Crippen molar-refractivity contribution in [2.45, 2.75) is 69.8 Å². The van der Waals surface area contributed by atoms with Gasteiger partial charge in [-0.3, -0.25) is 14.6 Å². The Morgan fingerprint density at radius 1 is 1.03 bits per heavy atom. The van der Waals surface area contributed by atoms with Gasteiger partial charge in [0.15, 0.2) is 5.78 Å². The van der Waals surface area contributed by atoms with Gasteiger partial charge in [-0.05, 0) is 80.3 Å². The molecule has 3 atom stereocenters. The van der Waals surface area contributed by atoms with Crippen molar-refractivity contribution in [1.29, 1.82) is 0 Å². The van der Waals surface area contributed by atoms with Crippen LogP contribution in [0.4, 0.5) is 0 Å². The zero-order valence-electron chi connectivity index (χ0n) is 19.8. The Bertz CT molecular complexity index is 1200. The Hall–Kier alpha value is -2.24. The topological polar surface area (TPSA) is 55.7 Å². The van der Waals surface area contributed by atoms with E-state index in [9.17, 15) is 9.59 Å². The Morgan fingerprint density at radius 3 is 2.49 bits per heavy atom. The quantitative estimate of drug-likeness (QED) is 0.367. The van der Waals surface area contributed by atoms with Gasteiger partial charge in [-0.2, -0.15) is 0 Å². The van der Waals surface area contributed by atoms with Gasteiger partial charge in [0.25, 0.3) is 0 Å². The number of hydrogen-bond donors (Lipinski definition) is 0. The van der Waals surface area contributed by atoms with E-state index in [2.05, 4.69) is 15.9 Å². The number of nitrogens with zero attached hydrogens (tertiary/aromatic N) is 1. The molecule has 182 valence electrons. The molecule has 0 aromatic heterocycles. The van der Waals surface area contributed by atoms with Crippen LogP contribution in [-0.2, 0) is 14.3 Å². The lowest BCUT2D eigenvalue weighted by Crippen LogP contribution is -2.39. The van der Waals surface area contributed by atoms with Gasteiger partial charge in [-0.25, -0.2) is 0 Å². The number of ether oxygens (including phenoxy) is 1. The molecule has 4 nitrogen and oxygen atoms in total. The number of aliphatic imine (C=N–C) groups is 1. The van der Waals surface area contributed by atoms with E-state index in [-0.39, 0.29) is 23.8 Å². The van der Waals surface area contributed by atoms with Crippen LogP contribution >= 0.6 is 27.5 Å². The maximum atomic E-state index is 13.7. The first kappa shape index (κ1) is 24.5. The second-order valence-electron chi connectivity index (χ2n) is 9.90. The Kier molecular flexibility index (Phi) is 7.26. The van der Waals surface area contributed by atoms with Crippen molar-refractivity contribution in [3.63, 3.8) is 0 Å². The summed E-state index contributed by atoms with van der Waals surface area (Å²) >= 11 is 9.65. The maximum Gasteiger partial charge on any atom is 0.315 e. The fourth-order valence-corrected chi connectivity index (χ4v) is 6.36. The third-order valence-electron chi connectivity index (χ3n) is 7.53. The summed E-state index contributed by atoms with van der Waals surface area (Å²) < 4.78 is 6.94. The summed E-state index contributed by atoms with van der Waals surface area (Å²) in [7, 11) is 0. The van der Waals surface area contributed by atoms with E-state index in [4.69, 9.17) is 21.3 Å². The molecule has 5 rings (SSSR count). The number of Topliss-reactive ketones (excluding diaryl/α,β-unsaturated/α-hetero) is 1. The highest BCUT2D eigenvalue weighted by Gasteiger charge is 2.45. The smallest absolute Gasteiger partial charge is 0.315 e. The fraction of sp³-hybridized carbons (Fsp3) is 0.414. The zero-order chi connectivity index (χ0) is 24.5. The molecule has 2 aliphatic carbocycles. The summed E-state index contributed by atoms with van der Waals surface area (Å²) in [5.41, 5.74) is 4.21. The summed E-state index contributed by atoms with van der Waals surface area (Å²) in [6, 6.07) is 15.6. The van der Waals surface area contributed by atoms with Crippen LogP contribution in [0.15, 0.2) is 69.3 Å². The Balaban J connectivity index is 1.52. The van der Waals surface area contributed by atoms with Gasteiger partial charge in [-0.1, -0.05) is 58.2 Å². The second kappa shape index (κ2) is 10.4. The van der Waals surface area contributed by atoms with Gasteiger partial charge in [-0.15, -0.1) is 0 Å².